The second kappa shape index (κ2) is 6.90. The molecule has 1 atom stereocenters. The molecule has 0 spiro atoms. The van der Waals surface area contributed by atoms with Gasteiger partial charge in [-0.05, 0) is 29.7 Å². The second-order valence-corrected chi connectivity index (χ2v) is 5.78. The summed E-state index contributed by atoms with van der Waals surface area (Å²) < 4.78 is 38.8. The monoisotopic (exact) mass is 337 g/mol. The van der Waals surface area contributed by atoms with Gasteiger partial charge < -0.3 is 11.1 Å². The highest BCUT2D eigenvalue weighted by Gasteiger charge is 2.42. The molecule has 24 heavy (non-hydrogen) atoms. The molecule has 0 saturated heterocycles. The normalized spacial score (nSPS) is 12.9. The van der Waals surface area contributed by atoms with Crippen LogP contribution in [0.2, 0.25) is 0 Å². The van der Waals surface area contributed by atoms with Crippen molar-refractivity contribution in [2.75, 3.05) is 5.73 Å². The molecule has 2 aromatic rings. The Morgan fingerprint density at radius 2 is 1.79 bits per heavy atom. The first kappa shape index (κ1) is 17.8. The van der Waals surface area contributed by atoms with Gasteiger partial charge in [-0.3, -0.25) is 9.78 Å². The van der Waals surface area contributed by atoms with Crippen molar-refractivity contribution in [3.63, 3.8) is 0 Å². The minimum Gasteiger partial charge on any atom is -0.397 e. The van der Waals surface area contributed by atoms with Gasteiger partial charge in [-0.1, -0.05) is 26.0 Å². The molecule has 4 nitrogen and oxygen atoms in total. The zero-order valence-electron chi connectivity index (χ0n) is 13.3. The maximum absolute atomic E-state index is 12.9. The van der Waals surface area contributed by atoms with Crippen LogP contribution in [-0.4, -0.2) is 23.1 Å². The average molecular weight is 337 g/mol. The van der Waals surface area contributed by atoms with Crippen molar-refractivity contribution in [3.05, 3.63) is 48.3 Å². The Morgan fingerprint density at radius 3 is 2.29 bits per heavy atom. The van der Waals surface area contributed by atoms with Gasteiger partial charge in [-0.25, -0.2) is 0 Å². The molecule has 128 valence electrons. The first-order chi connectivity index (χ1) is 11.2. The summed E-state index contributed by atoms with van der Waals surface area (Å²) in [5, 5.41) is 2.04. The highest BCUT2D eigenvalue weighted by atomic mass is 19.4. The lowest BCUT2D eigenvalue weighted by atomic mass is 10.0. The van der Waals surface area contributed by atoms with E-state index in [9.17, 15) is 18.0 Å². The van der Waals surface area contributed by atoms with Crippen LogP contribution in [0.5, 0.6) is 0 Å². The van der Waals surface area contributed by atoms with E-state index in [0.29, 0.717) is 5.69 Å². The third-order valence-electron chi connectivity index (χ3n) is 3.62. The topological polar surface area (TPSA) is 68.0 Å². The predicted molar refractivity (Wildman–Crippen MR) is 86.2 cm³/mol. The van der Waals surface area contributed by atoms with E-state index in [1.807, 2.05) is 5.32 Å². The molecule has 0 fully saturated rings. The van der Waals surface area contributed by atoms with Gasteiger partial charge in [0.25, 0.3) is 5.91 Å². The number of alkyl halides is 3. The summed E-state index contributed by atoms with van der Waals surface area (Å²) in [5.41, 5.74) is 7.96. The summed E-state index contributed by atoms with van der Waals surface area (Å²) in [7, 11) is 0. The Labute approximate surface area is 137 Å². The Morgan fingerprint density at radius 1 is 1.17 bits per heavy atom. The molecule has 0 aliphatic carbocycles. The highest BCUT2D eigenvalue weighted by Crippen LogP contribution is 2.27. The van der Waals surface area contributed by atoms with Crippen LogP contribution < -0.4 is 11.1 Å². The van der Waals surface area contributed by atoms with Gasteiger partial charge in [0.1, 0.15) is 6.04 Å². The molecule has 3 N–H and O–H groups in total. The molecule has 1 aromatic heterocycles. The number of nitrogen functional groups attached to an aromatic ring is 1. The number of halogens is 3. The smallest absolute Gasteiger partial charge is 0.397 e. The van der Waals surface area contributed by atoms with E-state index >= 15 is 0 Å². The van der Waals surface area contributed by atoms with Crippen molar-refractivity contribution < 1.29 is 18.0 Å². The summed E-state index contributed by atoms with van der Waals surface area (Å²) >= 11 is 0. The molecule has 0 aliphatic rings. The molecule has 2 rings (SSSR count). The number of anilines is 1. The van der Waals surface area contributed by atoms with E-state index in [1.165, 1.54) is 32.2 Å². The van der Waals surface area contributed by atoms with Gasteiger partial charge >= 0.3 is 6.18 Å². The third kappa shape index (κ3) is 4.04. The quantitative estimate of drug-likeness (QED) is 0.895. The number of pyridine rings is 1. The minimum atomic E-state index is -4.49. The summed E-state index contributed by atoms with van der Waals surface area (Å²) in [6.07, 6.45) is -1.40. The fraction of sp³-hybridized carbons (Fsp3) is 0.294. The Hall–Kier alpha value is -2.57. The largest absolute Gasteiger partial charge is 0.408 e. The average Bonchev–Trinajstić information content (AvgIpc) is 2.51. The van der Waals surface area contributed by atoms with Gasteiger partial charge in [-0.15, -0.1) is 0 Å². The zero-order chi connectivity index (χ0) is 17.9. The minimum absolute atomic E-state index is 0.154. The molecular formula is C17H18F3N3O. The fourth-order valence-electron chi connectivity index (χ4n) is 2.32. The zero-order valence-corrected chi connectivity index (χ0v) is 13.3. The van der Waals surface area contributed by atoms with E-state index in [4.69, 9.17) is 5.73 Å². The number of carbonyl (C=O) groups excluding carboxylic acids is 1. The summed E-state index contributed by atoms with van der Waals surface area (Å²) in [6.45, 7) is 2.82. The van der Waals surface area contributed by atoms with E-state index in [2.05, 4.69) is 4.98 Å². The van der Waals surface area contributed by atoms with Gasteiger partial charge in [0.2, 0.25) is 0 Å². The number of hydrogen-bond donors (Lipinski definition) is 2. The summed E-state index contributed by atoms with van der Waals surface area (Å²) in [5.74, 6) is -1.52. The molecule has 0 radical (unpaired) electrons. The first-order valence-electron chi connectivity index (χ1n) is 7.37. The number of nitrogens with one attached hydrogen (secondary N) is 1. The molecule has 1 amide bonds. The number of nitrogens with zero attached hydrogens (tertiary/aromatic N) is 1. The number of carbonyl (C=O) groups is 1. The molecule has 0 unspecified atom stereocenters. The third-order valence-corrected chi connectivity index (χ3v) is 3.62. The van der Waals surface area contributed by atoms with Crippen molar-refractivity contribution >= 4 is 11.6 Å². The van der Waals surface area contributed by atoms with Crippen molar-refractivity contribution in [3.8, 4) is 11.1 Å². The highest BCUT2D eigenvalue weighted by molar-refractivity contribution is 5.95. The molecule has 0 bridgehead atoms. The van der Waals surface area contributed by atoms with Gasteiger partial charge in [-0.2, -0.15) is 13.2 Å². The second-order valence-electron chi connectivity index (χ2n) is 5.78. The van der Waals surface area contributed by atoms with Gasteiger partial charge in [0.15, 0.2) is 0 Å². The van der Waals surface area contributed by atoms with E-state index < -0.39 is 24.0 Å². The maximum Gasteiger partial charge on any atom is 0.408 e. The van der Waals surface area contributed by atoms with Crippen molar-refractivity contribution in [2.24, 2.45) is 5.92 Å². The summed E-state index contributed by atoms with van der Waals surface area (Å²) in [4.78, 5) is 16.0. The van der Waals surface area contributed by atoms with E-state index in [0.717, 1.165) is 11.1 Å². The van der Waals surface area contributed by atoms with Crippen LogP contribution in [0.3, 0.4) is 0 Å². The number of nitrogens with two attached hydrogens (primary N) is 1. The van der Waals surface area contributed by atoms with E-state index in [1.54, 1.807) is 24.4 Å². The van der Waals surface area contributed by atoms with Crippen molar-refractivity contribution in [1.29, 1.82) is 0 Å². The van der Waals surface area contributed by atoms with Crippen LogP contribution >= 0.6 is 0 Å². The standard InChI is InChI=1S/C17H18F3N3O/c1-10(2)15(17(18,19)20)23-16(24)12-5-3-11(4-6-12)13-7-8-22-9-14(13)21/h3-10,15H,21H2,1-2H3,(H,23,24)/t15-/m1/s1. The number of aromatic nitrogens is 1. The van der Waals surface area contributed by atoms with Gasteiger partial charge in [0, 0.05) is 17.3 Å². The summed E-state index contributed by atoms with van der Waals surface area (Å²) in [6, 6.07) is 6.05. The van der Waals surface area contributed by atoms with E-state index in [-0.39, 0.29) is 5.56 Å². The van der Waals surface area contributed by atoms with Crippen LogP contribution in [0.25, 0.3) is 11.1 Å². The fourth-order valence-corrected chi connectivity index (χ4v) is 2.32. The molecule has 1 heterocycles. The molecule has 1 aromatic carbocycles. The van der Waals surface area contributed by atoms with Crippen molar-refractivity contribution in [1.82, 2.24) is 10.3 Å². The SMILES string of the molecule is CC(C)[C@@H](NC(=O)c1ccc(-c2ccncc2N)cc1)C(F)(F)F. The first-order valence-corrected chi connectivity index (χ1v) is 7.37. The van der Waals surface area contributed by atoms with Crippen LogP contribution in [0.1, 0.15) is 24.2 Å². The Bertz CT molecular complexity index is 712. The van der Waals surface area contributed by atoms with Crippen LogP contribution in [0.4, 0.5) is 18.9 Å². The lowest BCUT2D eigenvalue weighted by Gasteiger charge is -2.24. The molecule has 0 aliphatic heterocycles. The molecule has 7 heteroatoms. The number of hydrogen-bond acceptors (Lipinski definition) is 3. The predicted octanol–water partition coefficient (Wildman–Crippen LogP) is 3.65. The van der Waals surface area contributed by atoms with Crippen LogP contribution in [0, 0.1) is 5.92 Å². The van der Waals surface area contributed by atoms with Crippen LogP contribution in [0.15, 0.2) is 42.7 Å². The van der Waals surface area contributed by atoms with Crippen molar-refractivity contribution in [2.45, 2.75) is 26.1 Å². The van der Waals surface area contributed by atoms with Gasteiger partial charge in [0.05, 0.1) is 11.9 Å². The number of rotatable bonds is 4. The maximum atomic E-state index is 12.9. The molecule has 0 saturated carbocycles. The van der Waals surface area contributed by atoms with Crippen LogP contribution in [-0.2, 0) is 0 Å². The molecular weight excluding hydrogens is 319 g/mol. The number of benzene rings is 1. The lowest BCUT2D eigenvalue weighted by Crippen LogP contribution is -2.48. The Balaban J connectivity index is 2.19. The lowest BCUT2D eigenvalue weighted by molar-refractivity contribution is -0.162. The Kier molecular flexibility index (Phi) is 5.11. The number of amides is 1.